The number of hydrogen-bond donors (Lipinski definition) is 0. The molecule has 2 aromatic carbocycles. The fourth-order valence-corrected chi connectivity index (χ4v) is 5.22. The first kappa shape index (κ1) is 36.8. The van der Waals surface area contributed by atoms with Gasteiger partial charge in [-0.3, -0.25) is 9.59 Å². The molecule has 0 N–H and O–H groups in total. The van der Waals surface area contributed by atoms with Crippen molar-refractivity contribution in [2.45, 2.75) is 39.3 Å². The highest BCUT2D eigenvalue weighted by atomic mass is 79.9. The third-order valence-electron chi connectivity index (χ3n) is 6.60. The van der Waals surface area contributed by atoms with Crippen molar-refractivity contribution >= 4 is 44.4 Å². The molecule has 0 saturated carbocycles. The Balaban J connectivity index is 1.61. The largest absolute Gasteiger partial charge is 0.472 e. The van der Waals surface area contributed by atoms with E-state index in [0.717, 1.165) is 6.42 Å². The molecule has 0 fully saturated rings. The number of allylic oxidation sites excluding steroid dienone is 1. The summed E-state index contributed by atoms with van der Waals surface area (Å²) in [6.07, 6.45) is 4.82. The van der Waals surface area contributed by atoms with Crippen molar-refractivity contribution in [1.82, 2.24) is 9.97 Å². The van der Waals surface area contributed by atoms with E-state index in [1.54, 1.807) is 24.3 Å². The molecule has 0 aliphatic carbocycles. The Morgan fingerprint density at radius 2 is 1.04 bits per heavy atom. The average Bonchev–Trinajstić information content (AvgIpc) is 3.14. The van der Waals surface area contributed by atoms with Crippen LogP contribution < -0.4 is 18.9 Å². The number of benzene rings is 2. The van der Waals surface area contributed by atoms with Gasteiger partial charge < -0.3 is 18.9 Å². The second-order valence-corrected chi connectivity index (χ2v) is 11.9. The molecule has 50 heavy (non-hydrogen) atoms. The highest BCUT2D eigenvalue weighted by Gasteiger charge is 2.21. The summed E-state index contributed by atoms with van der Waals surface area (Å²) in [6, 6.07) is 20.1. The monoisotopic (exact) mass is 794 g/mol. The van der Waals surface area contributed by atoms with E-state index in [0.29, 0.717) is 32.6 Å². The first-order valence-corrected chi connectivity index (χ1v) is 16.3. The third-order valence-corrected chi connectivity index (χ3v) is 7.73. The molecule has 2 heterocycles. The molecule has 248 valence electrons. The van der Waals surface area contributed by atoms with Gasteiger partial charge in [0, 0.05) is 6.42 Å². The Kier molecular flexibility index (Phi) is 13.2. The number of carbonyl (C=O) groups is 2. The third kappa shape index (κ3) is 9.74. The van der Waals surface area contributed by atoms with Crippen molar-refractivity contribution in [2.75, 3.05) is 0 Å². The predicted octanol–water partition coefficient (Wildman–Crippen LogP) is 7.41. The summed E-state index contributed by atoms with van der Waals surface area (Å²) in [7, 11) is 0. The summed E-state index contributed by atoms with van der Waals surface area (Å²) < 4.78 is 24.6. The number of pyridine rings is 2. The zero-order chi connectivity index (χ0) is 36.0. The van der Waals surface area contributed by atoms with E-state index in [1.165, 1.54) is 24.3 Å². The number of aromatic nitrogens is 2. The second-order valence-electron chi connectivity index (χ2n) is 10.2. The lowest BCUT2D eigenvalue weighted by atomic mass is 10.1. The Morgan fingerprint density at radius 1 is 0.640 bits per heavy atom. The molecule has 0 radical (unpaired) electrons. The number of nitriles is 4. The van der Waals surface area contributed by atoms with E-state index < -0.39 is 6.29 Å². The van der Waals surface area contributed by atoms with Crippen molar-refractivity contribution in [1.29, 1.82) is 21.0 Å². The minimum absolute atomic E-state index is 0.0202. The molecule has 0 bridgehead atoms. The van der Waals surface area contributed by atoms with E-state index >= 15 is 0 Å². The van der Waals surface area contributed by atoms with Crippen molar-refractivity contribution in [3.05, 3.63) is 114 Å². The van der Waals surface area contributed by atoms with Gasteiger partial charge >= 0.3 is 0 Å². The average molecular weight is 796 g/mol. The van der Waals surface area contributed by atoms with Crippen LogP contribution in [0.2, 0.25) is 0 Å². The number of carbonyl (C=O) groups excluding carboxylic acids is 2. The fourth-order valence-electron chi connectivity index (χ4n) is 4.36. The lowest BCUT2D eigenvalue weighted by molar-refractivity contribution is -0.000296. The van der Waals surface area contributed by atoms with Gasteiger partial charge in [0.1, 0.15) is 13.2 Å². The Bertz CT molecular complexity index is 1920. The summed E-state index contributed by atoms with van der Waals surface area (Å²) in [5.41, 5.74) is 2.39. The lowest BCUT2D eigenvalue weighted by Crippen LogP contribution is -2.25. The summed E-state index contributed by atoms with van der Waals surface area (Å²) in [4.78, 5) is 32.6. The maximum Gasteiger partial charge on any atom is 0.248 e. The van der Waals surface area contributed by atoms with Crippen LogP contribution >= 0.6 is 31.9 Å². The highest BCUT2D eigenvalue weighted by Crippen LogP contribution is 2.33. The van der Waals surface area contributed by atoms with Crippen molar-refractivity contribution in [2.24, 2.45) is 0 Å². The maximum atomic E-state index is 11.9. The van der Waals surface area contributed by atoms with Gasteiger partial charge in [0.25, 0.3) is 0 Å². The first-order valence-electron chi connectivity index (χ1n) is 14.7. The zero-order valence-corrected chi connectivity index (χ0v) is 29.4. The standard InChI is InChI=1S/C36H24Br2N6O6/c1-2-3-4-5-32(49-35-30(37)12-28(18-45)33(43-35)47-20-26-8-22(14-39)6-23(9-26)15-40)50-36-31(38)13-29(19-46)34(44-36)48-21-27-10-24(16-41)7-25(11-27)17-42/h3-4,6-13,18-19,32H,2,5,20-21H2,1H3/b4-3-. The van der Waals surface area contributed by atoms with Crippen LogP contribution in [-0.4, -0.2) is 28.8 Å². The summed E-state index contributed by atoms with van der Waals surface area (Å²) in [5.74, 6) is -0.0851. The molecule has 2 aromatic heterocycles. The molecule has 0 aliphatic rings. The summed E-state index contributed by atoms with van der Waals surface area (Å²) in [6.45, 7) is 1.77. The second kappa shape index (κ2) is 17.9. The summed E-state index contributed by atoms with van der Waals surface area (Å²) >= 11 is 6.78. The lowest BCUT2D eigenvalue weighted by Gasteiger charge is -2.21. The van der Waals surface area contributed by atoms with Gasteiger partial charge in [-0.1, -0.05) is 19.1 Å². The van der Waals surface area contributed by atoms with Gasteiger partial charge in [-0.2, -0.15) is 31.0 Å². The van der Waals surface area contributed by atoms with Gasteiger partial charge in [0.15, 0.2) is 12.6 Å². The van der Waals surface area contributed by atoms with E-state index in [1.807, 2.05) is 43.4 Å². The summed E-state index contributed by atoms with van der Waals surface area (Å²) in [5, 5.41) is 37.2. The molecule has 0 atom stereocenters. The number of hydrogen-bond acceptors (Lipinski definition) is 12. The van der Waals surface area contributed by atoms with Crippen LogP contribution in [-0.2, 0) is 13.2 Å². The molecule has 0 spiro atoms. The molecule has 4 rings (SSSR count). The van der Waals surface area contributed by atoms with Gasteiger partial charge in [-0.05, 0) is 97.9 Å². The molecular formula is C36H24Br2N6O6. The number of aldehydes is 2. The van der Waals surface area contributed by atoms with Crippen molar-refractivity contribution < 1.29 is 28.5 Å². The minimum Gasteiger partial charge on any atom is -0.472 e. The molecular weight excluding hydrogens is 772 g/mol. The number of rotatable bonds is 15. The zero-order valence-electron chi connectivity index (χ0n) is 26.2. The predicted molar refractivity (Wildman–Crippen MR) is 184 cm³/mol. The van der Waals surface area contributed by atoms with E-state index in [-0.39, 0.29) is 76.5 Å². The van der Waals surface area contributed by atoms with Gasteiger partial charge in [-0.25, -0.2) is 0 Å². The maximum absolute atomic E-state index is 11.9. The molecule has 14 heteroatoms. The fraction of sp³-hybridized carbons (Fsp3) is 0.167. The molecule has 4 aromatic rings. The van der Waals surface area contributed by atoms with Gasteiger partial charge in [-0.15, -0.1) is 0 Å². The molecule has 0 saturated heterocycles. The van der Waals surface area contributed by atoms with E-state index in [9.17, 15) is 30.6 Å². The van der Waals surface area contributed by atoms with Crippen LogP contribution in [0, 0.1) is 45.3 Å². The number of ether oxygens (including phenoxy) is 4. The van der Waals surface area contributed by atoms with Gasteiger partial charge in [0.2, 0.25) is 29.8 Å². The Morgan fingerprint density at radius 3 is 1.38 bits per heavy atom. The van der Waals surface area contributed by atoms with Crippen LogP contribution in [0.25, 0.3) is 0 Å². The molecule has 0 aliphatic heterocycles. The molecule has 0 unspecified atom stereocenters. The van der Waals surface area contributed by atoms with Crippen LogP contribution in [0.4, 0.5) is 0 Å². The molecule has 0 amide bonds. The smallest absolute Gasteiger partial charge is 0.248 e. The highest BCUT2D eigenvalue weighted by molar-refractivity contribution is 9.10. The SMILES string of the molecule is CC/C=C\CC(Oc1nc(OCc2cc(C#N)cc(C#N)c2)c(C=O)cc1Br)Oc1nc(OCc2cc(C#N)cc(C#N)c2)c(C=O)cc1Br. The topological polar surface area (TPSA) is 192 Å². The minimum atomic E-state index is -1.04. The number of nitrogens with zero attached hydrogens (tertiary/aromatic N) is 6. The Labute approximate surface area is 304 Å². The Hall–Kier alpha value is -6.06. The van der Waals surface area contributed by atoms with Crippen LogP contribution in [0.5, 0.6) is 23.5 Å². The van der Waals surface area contributed by atoms with Crippen LogP contribution in [0.1, 0.15) is 73.9 Å². The van der Waals surface area contributed by atoms with Gasteiger partial charge in [0.05, 0.1) is 66.6 Å². The van der Waals surface area contributed by atoms with E-state index in [2.05, 4.69) is 41.8 Å². The quantitative estimate of drug-likeness (QED) is 0.0658. The van der Waals surface area contributed by atoms with Crippen molar-refractivity contribution in [3.8, 4) is 47.8 Å². The van der Waals surface area contributed by atoms with E-state index in [4.69, 9.17) is 18.9 Å². The van der Waals surface area contributed by atoms with Crippen LogP contribution in [0.3, 0.4) is 0 Å². The molecule has 12 nitrogen and oxygen atoms in total. The number of halogens is 2. The first-order chi connectivity index (χ1) is 24.2. The van der Waals surface area contributed by atoms with Crippen LogP contribution in [0.15, 0.2) is 69.6 Å². The van der Waals surface area contributed by atoms with Crippen molar-refractivity contribution in [3.63, 3.8) is 0 Å². The normalized spacial score (nSPS) is 10.4.